The predicted molar refractivity (Wildman–Crippen MR) is 79.4 cm³/mol. The van der Waals surface area contributed by atoms with Crippen molar-refractivity contribution in [3.63, 3.8) is 0 Å². The molecule has 3 rings (SSSR count). The van der Waals surface area contributed by atoms with Crippen LogP contribution in [0.1, 0.15) is 0 Å². The van der Waals surface area contributed by atoms with Gasteiger partial charge in [0.15, 0.2) is 5.65 Å². The van der Waals surface area contributed by atoms with Gasteiger partial charge in [0, 0.05) is 11.8 Å². The highest BCUT2D eigenvalue weighted by molar-refractivity contribution is 9.10. The van der Waals surface area contributed by atoms with Gasteiger partial charge in [-0.25, -0.2) is 4.98 Å². The van der Waals surface area contributed by atoms with E-state index >= 15 is 0 Å². The van der Waals surface area contributed by atoms with Gasteiger partial charge >= 0.3 is 6.61 Å². The number of rotatable bonds is 3. The van der Waals surface area contributed by atoms with Crippen LogP contribution in [0.25, 0.3) is 16.9 Å². The molecule has 0 saturated carbocycles. The Hall–Kier alpha value is -2.15. The van der Waals surface area contributed by atoms with Crippen molar-refractivity contribution in [2.24, 2.45) is 0 Å². The van der Waals surface area contributed by atoms with Crippen LogP contribution in [0.5, 0.6) is 5.75 Å². The minimum absolute atomic E-state index is 0.0405. The molecule has 1 aromatic carbocycles. The van der Waals surface area contributed by atoms with Crippen molar-refractivity contribution in [1.29, 1.82) is 0 Å². The summed E-state index contributed by atoms with van der Waals surface area (Å²) in [7, 11) is 0. The molecule has 3 aromatic rings. The molecule has 0 bridgehead atoms. The van der Waals surface area contributed by atoms with Gasteiger partial charge in [-0.05, 0) is 40.2 Å². The van der Waals surface area contributed by atoms with Crippen molar-refractivity contribution >= 4 is 27.4 Å². The second kappa shape index (κ2) is 5.33. The monoisotopic (exact) mass is 353 g/mol. The van der Waals surface area contributed by atoms with Crippen LogP contribution in [-0.2, 0) is 0 Å². The largest absolute Gasteiger partial charge is 0.434 e. The topological polar surface area (TPSA) is 52.5 Å². The van der Waals surface area contributed by atoms with Gasteiger partial charge in [0.05, 0.1) is 4.47 Å². The summed E-state index contributed by atoms with van der Waals surface area (Å²) in [4.78, 5) is 4.42. The number of alkyl halides is 2. The van der Waals surface area contributed by atoms with E-state index in [1.807, 2.05) is 6.07 Å². The molecule has 0 fully saturated rings. The number of hydrogen-bond donors (Lipinski definition) is 1. The van der Waals surface area contributed by atoms with Crippen molar-refractivity contribution in [1.82, 2.24) is 9.38 Å². The van der Waals surface area contributed by atoms with Gasteiger partial charge in [0.25, 0.3) is 0 Å². The smallest absolute Gasteiger partial charge is 0.387 e. The van der Waals surface area contributed by atoms with Crippen LogP contribution in [0.15, 0.2) is 47.1 Å². The maximum absolute atomic E-state index is 12.5. The maximum atomic E-state index is 12.5. The molecule has 0 aliphatic heterocycles. The van der Waals surface area contributed by atoms with Gasteiger partial charge < -0.3 is 10.5 Å². The molecule has 0 aliphatic carbocycles. The summed E-state index contributed by atoms with van der Waals surface area (Å²) in [5.74, 6) is 0.398. The number of halogens is 3. The van der Waals surface area contributed by atoms with Gasteiger partial charge in [0.2, 0.25) is 0 Å². The van der Waals surface area contributed by atoms with Crippen LogP contribution in [0.4, 0.5) is 14.6 Å². The molecule has 21 heavy (non-hydrogen) atoms. The van der Waals surface area contributed by atoms with Crippen LogP contribution in [0.3, 0.4) is 0 Å². The van der Waals surface area contributed by atoms with Gasteiger partial charge in [-0.15, -0.1) is 0 Å². The zero-order valence-electron chi connectivity index (χ0n) is 10.6. The highest BCUT2D eigenvalue weighted by atomic mass is 79.9. The number of para-hydroxylation sites is 1. The highest BCUT2D eigenvalue weighted by Crippen LogP contribution is 2.35. The number of nitrogen functional groups attached to an aromatic ring is 1. The first-order chi connectivity index (χ1) is 10.1. The Morgan fingerprint density at radius 2 is 1.95 bits per heavy atom. The Kier molecular flexibility index (Phi) is 3.50. The van der Waals surface area contributed by atoms with Gasteiger partial charge in [0.1, 0.15) is 17.3 Å². The minimum atomic E-state index is -2.91. The van der Waals surface area contributed by atoms with E-state index in [0.29, 0.717) is 22.7 Å². The molecular formula is C14H10BrF2N3O. The fourth-order valence-electron chi connectivity index (χ4n) is 2.11. The Bertz CT molecular complexity index is 804. The lowest BCUT2D eigenvalue weighted by Gasteiger charge is -2.09. The molecule has 2 heterocycles. The lowest BCUT2D eigenvalue weighted by atomic mass is 10.1. The fraction of sp³-hybridized carbons (Fsp3) is 0.0714. The van der Waals surface area contributed by atoms with Gasteiger partial charge in [-0.1, -0.05) is 12.1 Å². The number of pyridine rings is 1. The summed E-state index contributed by atoms with van der Waals surface area (Å²) < 4.78 is 32.0. The molecule has 0 amide bonds. The number of benzene rings is 1. The van der Waals surface area contributed by atoms with E-state index in [1.54, 1.807) is 34.9 Å². The molecule has 0 atom stereocenters. The molecular weight excluding hydrogens is 344 g/mol. The van der Waals surface area contributed by atoms with Crippen molar-refractivity contribution in [2.75, 3.05) is 5.73 Å². The second-order valence-corrected chi connectivity index (χ2v) is 5.12. The number of ether oxygens (including phenoxy) is 1. The Morgan fingerprint density at radius 1 is 1.19 bits per heavy atom. The summed E-state index contributed by atoms with van der Waals surface area (Å²) in [6.45, 7) is -2.91. The Balaban J connectivity index is 2.22. The third kappa shape index (κ3) is 2.44. The van der Waals surface area contributed by atoms with E-state index in [1.165, 1.54) is 6.07 Å². The fourth-order valence-corrected chi connectivity index (χ4v) is 2.54. The summed E-state index contributed by atoms with van der Waals surface area (Å²) in [6, 6.07) is 10.1. The van der Waals surface area contributed by atoms with Gasteiger partial charge in [-0.2, -0.15) is 8.78 Å². The average Bonchev–Trinajstić information content (AvgIpc) is 2.78. The van der Waals surface area contributed by atoms with Crippen LogP contribution in [-0.4, -0.2) is 16.0 Å². The number of aromatic nitrogens is 2. The second-order valence-electron chi connectivity index (χ2n) is 4.27. The zero-order valence-corrected chi connectivity index (χ0v) is 12.2. The third-order valence-corrected chi connectivity index (χ3v) is 3.62. The van der Waals surface area contributed by atoms with Crippen LogP contribution >= 0.6 is 15.9 Å². The highest BCUT2D eigenvalue weighted by Gasteiger charge is 2.18. The number of nitrogens with two attached hydrogens (primary N) is 1. The Labute approximate surface area is 127 Å². The van der Waals surface area contributed by atoms with E-state index < -0.39 is 6.61 Å². The lowest BCUT2D eigenvalue weighted by Crippen LogP contribution is -2.03. The van der Waals surface area contributed by atoms with E-state index in [4.69, 9.17) is 5.73 Å². The molecule has 2 N–H and O–H groups in total. The van der Waals surface area contributed by atoms with E-state index in [9.17, 15) is 8.78 Å². The molecule has 108 valence electrons. The van der Waals surface area contributed by atoms with Crippen molar-refractivity contribution in [3.05, 3.63) is 47.1 Å². The summed E-state index contributed by atoms with van der Waals surface area (Å²) >= 11 is 3.39. The number of anilines is 1. The van der Waals surface area contributed by atoms with Crippen LogP contribution in [0, 0.1) is 0 Å². The van der Waals surface area contributed by atoms with Gasteiger partial charge in [-0.3, -0.25) is 4.40 Å². The number of imidazole rings is 1. The average molecular weight is 354 g/mol. The van der Waals surface area contributed by atoms with E-state index in [-0.39, 0.29) is 5.75 Å². The molecule has 4 nitrogen and oxygen atoms in total. The first-order valence-electron chi connectivity index (χ1n) is 6.04. The molecule has 0 spiro atoms. The third-order valence-electron chi connectivity index (χ3n) is 3.00. The molecule has 0 aliphatic rings. The first kappa shape index (κ1) is 13.8. The first-order valence-corrected chi connectivity index (χ1v) is 6.83. The lowest BCUT2D eigenvalue weighted by molar-refractivity contribution is -0.0494. The van der Waals surface area contributed by atoms with E-state index in [0.717, 1.165) is 4.47 Å². The summed E-state index contributed by atoms with van der Waals surface area (Å²) in [5, 5.41) is 0. The molecule has 0 saturated heterocycles. The SMILES string of the molecule is Nc1c(-c2ccccc2OC(F)F)nc2c(Br)cccn12. The van der Waals surface area contributed by atoms with Crippen molar-refractivity contribution in [2.45, 2.75) is 6.61 Å². The Morgan fingerprint density at radius 3 is 2.67 bits per heavy atom. The number of fused-ring (bicyclic) bond motifs is 1. The minimum Gasteiger partial charge on any atom is -0.434 e. The number of nitrogens with zero attached hydrogens (tertiary/aromatic N) is 2. The maximum Gasteiger partial charge on any atom is 0.387 e. The predicted octanol–water partition coefficient (Wildman–Crippen LogP) is 3.95. The zero-order chi connectivity index (χ0) is 15.0. The summed E-state index contributed by atoms with van der Waals surface area (Å²) in [6.07, 6.45) is 1.75. The van der Waals surface area contributed by atoms with E-state index in [2.05, 4.69) is 25.7 Å². The molecule has 7 heteroatoms. The number of hydrogen-bond acceptors (Lipinski definition) is 3. The van der Waals surface area contributed by atoms with Crippen LogP contribution < -0.4 is 10.5 Å². The molecule has 2 aromatic heterocycles. The van der Waals surface area contributed by atoms with Crippen molar-refractivity contribution < 1.29 is 13.5 Å². The standard InChI is InChI=1S/C14H10BrF2N3O/c15-9-5-3-7-20-12(18)11(19-13(9)20)8-4-1-2-6-10(8)21-14(16)17/h1-7,14H,18H2. The van der Waals surface area contributed by atoms with Crippen molar-refractivity contribution in [3.8, 4) is 17.0 Å². The molecule has 0 radical (unpaired) electrons. The van der Waals surface area contributed by atoms with Crippen LogP contribution in [0.2, 0.25) is 0 Å². The molecule has 0 unspecified atom stereocenters. The normalized spacial score (nSPS) is 11.2. The quantitative estimate of drug-likeness (QED) is 0.775. The summed E-state index contributed by atoms with van der Waals surface area (Å²) in [5.41, 5.74) is 7.51.